The Balaban J connectivity index is 3.70. The van der Waals surface area contributed by atoms with Crippen LogP contribution >= 0.6 is 0 Å². The average molecular weight is 285 g/mol. The smallest absolute Gasteiger partial charge is 0.0945 e. The highest BCUT2D eigenvalue weighted by Gasteiger charge is 2.31. The van der Waals surface area contributed by atoms with E-state index in [-0.39, 0.29) is 0 Å². The van der Waals surface area contributed by atoms with Crippen LogP contribution < -0.4 is 5.32 Å². The van der Waals surface area contributed by atoms with Crippen LogP contribution in [0.5, 0.6) is 0 Å². The van der Waals surface area contributed by atoms with Crippen LogP contribution in [0.3, 0.4) is 0 Å². The van der Waals surface area contributed by atoms with Crippen molar-refractivity contribution in [2.75, 3.05) is 19.8 Å². The summed E-state index contributed by atoms with van der Waals surface area (Å²) in [6.07, 6.45) is 3.65. The van der Waals surface area contributed by atoms with Crippen LogP contribution in [0.25, 0.3) is 0 Å². The first-order valence-corrected chi connectivity index (χ1v) is 7.69. The van der Waals surface area contributed by atoms with Crippen molar-refractivity contribution in [3.8, 4) is 0 Å². The monoisotopic (exact) mass is 285 g/mol. The van der Waals surface area contributed by atoms with E-state index in [1.54, 1.807) is 0 Å². The molecule has 2 N–H and O–H groups in total. The molecule has 0 aromatic carbocycles. The van der Waals surface area contributed by atoms with Crippen molar-refractivity contribution in [2.24, 2.45) is 10.8 Å². The number of ether oxygens (including phenoxy) is 1. The molecule has 1 atom stereocenters. The van der Waals surface area contributed by atoms with Gasteiger partial charge in [-0.05, 0) is 43.7 Å². The van der Waals surface area contributed by atoms with Crippen LogP contribution in [0.2, 0.25) is 0 Å². The lowest BCUT2D eigenvalue weighted by Crippen LogP contribution is -2.30. The molecule has 0 radical (unpaired) electrons. The highest BCUT2D eigenvalue weighted by molar-refractivity contribution is 4.91. The van der Waals surface area contributed by atoms with Gasteiger partial charge in [0.15, 0.2) is 0 Å². The summed E-state index contributed by atoms with van der Waals surface area (Å²) in [6.45, 7) is 17.2. The lowest BCUT2D eigenvalue weighted by molar-refractivity contribution is 0.0281. The molecule has 0 fully saturated rings. The quantitative estimate of drug-likeness (QED) is 0.634. The highest BCUT2D eigenvalue weighted by Crippen LogP contribution is 2.41. The topological polar surface area (TPSA) is 41.5 Å². The number of hydrogen-bond donors (Lipinski definition) is 2. The van der Waals surface area contributed by atoms with Crippen molar-refractivity contribution in [1.82, 2.24) is 5.32 Å². The number of nitrogens with one attached hydrogen (secondary N) is 1. The number of allylic oxidation sites excluding steroid dienone is 1. The van der Waals surface area contributed by atoms with Crippen LogP contribution in [0.15, 0.2) is 11.8 Å². The van der Waals surface area contributed by atoms with Gasteiger partial charge in [-0.2, -0.15) is 0 Å². The van der Waals surface area contributed by atoms with Gasteiger partial charge in [-0.15, -0.1) is 0 Å². The van der Waals surface area contributed by atoms with E-state index in [1.165, 1.54) is 5.57 Å². The van der Waals surface area contributed by atoms with Gasteiger partial charge in [0, 0.05) is 13.2 Å². The fourth-order valence-corrected chi connectivity index (χ4v) is 1.67. The Morgan fingerprint density at radius 3 is 2.30 bits per heavy atom. The van der Waals surface area contributed by atoms with E-state index in [0.717, 1.165) is 19.4 Å². The van der Waals surface area contributed by atoms with Crippen LogP contribution in [0.4, 0.5) is 0 Å². The predicted molar refractivity (Wildman–Crippen MR) is 86.7 cm³/mol. The summed E-state index contributed by atoms with van der Waals surface area (Å²) in [6, 6.07) is 0. The molecular weight excluding hydrogens is 250 g/mol. The van der Waals surface area contributed by atoms with Gasteiger partial charge >= 0.3 is 0 Å². The van der Waals surface area contributed by atoms with Crippen LogP contribution in [-0.4, -0.2) is 31.0 Å². The second-order valence-corrected chi connectivity index (χ2v) is 7.60. The first-order valence-electron chi connectivity index (χ1n) is 7.69. The number of aliphatic hydroxyl groups is 1. The predicted octanol–water partition coefficient (Wildman–Crippen LogP) is 3.73. The SMILES string of the molecule is CC(C)=CNCC(O)COCCCC(C)(C)C(C)(C)C. The number of aliphatic hydroxyl groups excluding tert-OH is 1. The molecule has 120 valence electrons. The molecular formula is C17H35NO2. The normalized spacial score (nSPS) is 14.0. The second-order valence-electron chi connectivity index (χ2n) is 7.60. The van der Waals surface area contributed by atoms with Gasteiger partial charge in [0.2, 0.25) is 0 Å². The Kier molecular flexibility index (Phi) is 8.45. The first-order chi connectivity index (χ1) is 9.06. The van der Waals surface area contributed by atoms with E-state index < -0.39 is 6.10 Å². The summed E-state index contributed by atoms with van der Waals surface area (Å²) >= 11 is 0. The largest absolute Gasteiger partial charge is 0.389 e. The minimum Gasteiger partial charge on any atom is -0.389 e. The van der Waals surface area contributed by atoms with E-state index in [0.29, 0.717) is 24.0 Å². The van der Waals surface area contributed by atoms with Crippen molar-refractivity contribution in [3.63, 3.8) is 0 Å². The average Bonchev–Trinajstić information content (AvgIpc) is 2.26. The Morgan fingerprint density at radius 1 is 1.20 bits per heavy atom. The Hall–Kier alpha value is -0.540. The third-order valence-electron chi connectivity index (χ3n) is 4.18. The molecule has 0 aliphatic carbocycles. The van der Waals surface area contributed by atoms with Gasteiger partial charge in [0.05, 0.1) is 12.7 Å². The third kappa shape index (κ3) is 8.60. The molecule has 0 saturated carbocycles. The van der Waals surface area contributed by atoms with Crippen molar-refractivity contribution >= 4 is 0 Å². The molecule has 20 heavy (non-hydrogen) atoms. The molecule has 0 aromatic rings. The van der Waals surface area contributed by atoms with Crippen molar-refractivity contribution < 1.29 is 9.84 Å². The number of hydrogen-bond acceptors (Lipinski definition) is 3. The zero-order valence-electron chi connectivity index (χ0n) is 14.5. The summed E-state index contributed by atoms with van der Waals surface area (Å²) in [5.41, 5.74) is 1.81. The standard InChI is InChI=1S/C17H35NO2/c1-14(2)11-18-12-15(19)13-20-10-8-9-17(6,7)16(3,4)5/h11,15,18-19H,8-10,12-13H2,1-7H3. The molecule has 0 amide bonds. The molecule has 0 saturated heterocycles. The summed E-state index contributed by atoms with van der Waals surface area (Å²) in [7, 11) is 0. The van der Waals surface area contributed by atoms with E-state index in [2.05, 4.69) is 39.9 Å². The molecule has 3 heteroatoms. The minimum absolute atomic E-state index is 0.306. The molecule has 0 heterocycles. The molecule has 0 aliphatic heterocycles. The second kappa shape index (κ2) is 8.68. The maximum absolute atomic E-state index is 9.73. The Morgan fingerprint density at radius 2 is 1.80 bits per heavy atom. The van der Waals surface area contributed by atoms with Crippen molar-refractivity contribution in [3.05, 3.63) is 11.8 Å². The summed E-state index contributed by atoms with van der Waals surface area (Å²) in [5, 5.41) is 12.8. The van der Waals surface area contributed by atoms with Gasteiger partial charge in [-0.25, -0.2) is 0 Å². The van der Waals surface area contributed by atoms with Gasteiger partial charge in [-0.1, -0.05) is 40.2 Å². The molecule has 0 spiro atoms. The Labute approximate surface area is 125 Å². The van der Waals surface area contributed by atoms with Gasteiger partial charge < -0.3 is 15.2 Å². The maximum atomic E-state index is 9.73. The molecule has 0 bridgehead atoms. The van der Waals surface area contributed by atoms with Crippen molar-refractivity contribution in [2.45, 2.75) is 67.4 Å². The van der Waals surface area contributed by atoms with Crippen molar-refractivity contribution in [1.29, 1.82) is 0 Å². The van der Waals surface area contributed by atoms with E-state index in [1.807, 2.05) is 20.0 Å². The van der Waals surface area contributed by atoms with E-state index >= 15 is 0 Å². The molecule has 1 unspecified atom stereocenters. The van der Waals surface area contributed by atoms with Crippen LogP contribution in [0.1, 0.15) is 61.3 Å². The van der Waals surface area contributed by atoms with Crippen LogP contribution in [-0.2, 0) is 4.74 Å². The van der Waals surface area contributed by atoms with Gasteiger partial charge in [-0.3, -0.25) is 0 Å². The maximum Gasteiger partial charge on any atom is 0.0945 e. The fourth-order valence-electron chi connectivity index (χ4n) is 1.67. The molecule has 0 rings (SSSR count). The molecule has 0 aliphatic rings. The lowest BCUT2D eigenvalue weighted by atomic mass is 9.67. The molecule has 0 aromatic heterocycles. The van der Waals surface area contributed by atoms with Gasteiger partial charge in [0.25, 0.3) is 0 Å². The fraction of sp³-hybridized carbons (Fsp3) is 0.882. The van der Waals surface area contributed by atoms with E-state index in [4.69, 9.17) is 4.74 Å². The van der Waals surface area contributed by atoms with E-state index in [9.17, 15) is 5.11 Å². The zero-order chi connectivity index (χ0) is 15.8. The summed E-state index contributed by atoms with van der Waals surface area (Å²) < 4.78 is 5.55. The molecule has 3 nitrogen and oxygen atoms in total. The Bertz CT molecular complexity index is 286. The minimum atomic E-state index is -0.443. The zero-order valence-corrected chi connectivity index (χ0v) is 14.5. The lowest BCUT2D eigenvalue weighted by Gasteiger charge is -2.39. The number of rotatable bonds is 9. The summed E-state index contributed by atoms with van der Waals surface area (Å²) in [5.74, 6) is 0. The third-order valence-corrected chi connectivity index (χ3v) is 4.18. The first kappa shape index (κ1) is 19.5. The van der Waals surface area contributed by atoms with Crippen LogP contribution in [0, 0.1) is 10.8 Å². The van der Waals surface area contributed by atoms with Gasteiger partial charge in [0.1, 0.15) is 0 Å². The summed E-state index contributed by atoms with van der Waals surface area (Å²) in [4.78, 5) is 0. The highest BCUT2D eigenvalue weighted by atomic mass is 16.5.